The van der Waals surface area contributed by atoms with Crippen LogP contribution in [0.4, 0.5) is 0 Å². The van der Waals surface area contributed by atoms with Gasteiger partial charge in [-0.25, -0.2) is 9.50 Å². The largest absolute Gasteiger partial charge is 0.493 e. The fourth-order valence-electron chi connectivity index (χ4n) is 4.02. The Kier molecular flexibility index (Phi) is 5.07. The third-order valence-electron chi connectivity index (χ3n) is 5.58. The maximum absolute atomic E-state index is 5.54. The minimum atomic E-state index is 0.672. The van der Waals surface area contributed by atoms with E-state index in [-0.39, 0.29) is 0 Å². The summed E-state index contributed by atoms with van der Waals surface area (Å²) in [7, 11) is 3.28. The maximum Gasteiger partial charge on any atom is 0.164 e. The second-order valence-electron chi connectivity index (χ2n) is 7.52. The third-order valence-corrected chi connectivity index (χ3v) is 5.58. The fraction of sp³-hybridized carbons (Fsp3) is 0.111. The van der Waals surface area contributed by atoms with Gasteiger partial charge in [-0.05, 0) is 30.7 Å². The lowest BCUT2D eigenvalue weighted by molar-refractivity contribution is 0.355. The summed E-state index contributed by atoms with van der Waals surface area (Å²) >= 11 is 0. The Morgan fingerprint density at radius 1 is 0.688 bits per heavy atom. The number of rotatable bonds is 5. The van der Waals surface area contributed by atoms with Gasteiger partial charge in [-0.15, -0.1) is 0 Å². The van der Waals surface area contributed by atoms with Gasteiger partial charge in [0.15, 0.2) is 17.1 Å². The minimum Gasteiger partial charge on any atom is -0.493 e. The van der Waals surface area contributed by atoms with Gasteiger partial charge in [0.1, 0.15) is 0 Å². The van der Waals surface area contributed by atoms with Crippen LogP contribution >= 0.6 is 0 Å². The summed E-state index contributed by atoms with van der Waals surface area (Å²) in [6.45, 7) is 2.01. The Hall–Kier alpha value is -4.12. The number of ether oxygens (including phenoxy) is 2. The molecule has 0 fully saturated rings. The molecule has 0 amide bonds. The molecule has 0 radical (unpaired) electrons. The highest BCUT2D eigenvalue weighted by Crippen LogP contribution is 2.37. The van der Waals surface area contributed by atoms with Crippen molar-refractivity contribution in [2.45, 2.75) is 6.92 Å². The van der Waals surface area contributed by atoms with E-state index in [1.807, 2.05) is 66.0 Å². The minimum absolute atomic E-state index is 0.672. The van der Waals surface area contributed by atoms with E-state index in [2.05, 4.69) is 30.3 Å². The molecule has 5 heteroatoms. The number of hydrogen-bond acceptors (Lipinski definition) is 4. The van der Waals surface area contributed by atoms with E-state index in [0.29, 0.717) is 11.5 Å². The van der Waals surface area contributed by atoms with Crippen LogP contribution in [0.5, 0.6) is 11.5 Å². The second kappa shape index (κ2) is 8.19. The molecule has 0 N–H and O–H groups in total. The number of hydrogen-bond donors (Lipinski definition) is 0. The van der Waals surface area contributed by atoms with Gasteiger partial charge in [0.2, 0.25) is 0 Å². The number of aryl methyl sites for hydroxylation is 1. The zero-order valence-corrected chi connectivity index (χ0v) is 18.2. The van der Waals surface area contributed by atoms with Gasteiger partial charge in [-0.1, -0.05) is 66.7 Å². The van der Waals surface area contributed by atoms with E-state index < -0.39 is 0 Å². The van der Waals surface area contributed by atoms with Crippen molar-refractivity contribution in [2.24, 2.45) is 0 Å². The monoisotopic (exact) mass is 421 g/mol. The molecule has 0 saturated carbocycles. The fourth-order valence-corrected chi connectivity index (χ4v) is 4.02. The quantitative estimate of drug-likeness (QED) is 0.346. The Labute approximate surface area is 186 Å². The van der Waals surface area contributed by atoms with Crippen molar-refractivity contribution in [2.75, 3.05) is 14.2 Å². The molecule has 32 heavy (non-hydrogen) atoms. The molecule has 5 aromatic rings. The zero-order valence-electron chi connectivity index (χ0n) is 18.2. The van der Waals surface area contributed by atoms with Crippen molar-refractivity contribution < 1.29 is 9.47 Å². The highest BCUT2D eigenvalue weighted by Gasteiger charge is 2.19. The summed E-state index contributed by atoms with van der Waals surface area (Å²) < 4.78 is 12.9. The molecule has 0 atom stereocenters. The Morgan fingerprint density at radius 3 is 2.00 bits per heavy atom. The SMILES string of the molecule is COc1ccc(-c2c(C)nn3c(-c4ccccc4)cc(-c4ccccc4)nc23)cc1OC. The van der Waals surface area contributed by atoms with Crippen LogP contribution in [0, 0.1) is 6.92 Å². The summed E-state index contributed by atoms with van der Waals surface area (Å²) in [5.41, 5.74) is 7.68. The average molecular weight is 422 g/mol. The summed E-state index contributed by atoms with van der Waals surface area (Å²) in [5.74, 6) is 1.36. The second-order valence-corrected chi connectivity index (χ2v) is 7.52. The van der Waals surface area contributed by atoms with Gasteiger partial charge in [0, 0.05) is 16.7 Å². The van der Waals surface area contributed by atoms with Crippen LogP contribution in [0.25, 0.3) is 39.3 Å². The van der Waals surface area contributed by atoms with E-state index in [1.165, 1.54) is 0 Å². The first-order valence-corrected chi connectivity index (χ1v) is 10.4. The smallest absolute Gasteiger partial charge is 0.164 e. The first-order valence-electron chi connectivity index (χ1n) is 10.4. The molecule has 5 rings (SSSR count). The van der Waals surface area contributed by atoms with Crippen molar-refractivity contribution in [3.05, 3.63) is 90.6 Å². The summed E-state index contributed by atoms with van der Waals surface area (Å²) in [5, 5.41) is 4.88. The van der Waals surface area contributed by atoms with Crippen molar-refractivity contribution in [1.82, 2.24) is 14.6 Å². The number of benzene rings is 3. The highest BCUT2D eigenvalue weighted by molar-refractivity contribution is 5.84. The van der Waals surface area contributed by atoms with Crippen LogP contribution in [0.2, 0.25) is 0 Å². The highest BCUT2D eigenvalue weighted by atomic mass is 16.5. The Morgan fingerprint density at radius 2 is 1.34 bits per heavy atom. The number of methoxy groups -OCH3 is 2. The number of fused-ring (bicyclic) bond motifs is 1. The molecule has 0 aliphatic heterocycles. The van der Waals surface area contributed by atoms with E-state index in [4.69, 9.17) is 19.6 Å². The predicted octanol–water partition coefficient (Wildman–Crippen LogP) is 6.06. The van der Waals surface area contributed by atoms with Gasteiger partial charge in [-0.3, -0.25) is 0 Å². The third kappa shape index (κ3) is 3.38. The van der Waals surface area contributed by atoms with Gasteiger partial charge < -0.3 is 9.47 Å². The zero-order chi connectivity index (χ0) is 22.1. The Bertz CT molecular complexity index is 1390. The summed E-state index contributed by atoms with van der Waals surface area (Å²) in [4.78, 5) is 5.06. The Balaban J connectivity index is 1.82. The lowest BCUT2D eigenvalue weighted by atomic mass is 10.0. The maximum atomic E-state index is 5.54. The first-order chi connectivity index (χ1) is 15.7. The normalized spacial score (nSPS) is 11.0. The standard InChI is InChI=1S/C27H23N3O2/c1-18-26(21-14-15-24(31-2)25(16-21)32-3)27-28-22(19-10-6-4-7-11-19)17-23(30(27)29-18)20-12-8-5-9-13-20/h4-17H,1-3H3. The van der Waals surface area contributed by atoms with Crippen molar-refractivity contribution in [3.63, 3.8) is 0 Å². The lowest BCUT2D eigenvalue weighted by Gasteiger charge is -2.11. The number of aromatic nitrogens is 3. The van der Waals surface area contributed by atoms with Gasteiger partial charge in [0.05, 0.1) is 31.3 Å². The average Bonchev–Trinajstić information content (AvgIpc) is 3.19. The molecule has 0 spiro atoms. The van der Waals surface area contributed by atoms with Gasteiger partial charge >= 0.3 is 0 Å². The van der Waals surface area contributed by atoms with Crippen LogP contribution in [-0.4, -0.2) is 28.8 Å². The predicted molar refractivity (Wildman–Crippen MR) is 127 cm³/mol. The lowest BCUT2D eigenvalue weighted by Crippen LogP contribution is -1.99. The van der Waals surface area contributed by atoms with Crippen LogP contribution < -0.4 is 9.47 Å². The molecule has 2 aromatic heterocycles. The topological polar surface area (TPSA) is 48.7 Å². The molecule has 3 aromatic carbocycles. The van der Waals surface area contributed by atoms with Crippen LogP contribution in [-0.2, 0) is 0 Å². The molecule has 0 unspecified atom stereocenters. The molecule has 0 aliphatic rings. The van der Waals surface area contributed by atoms with Crippen LogP contribution in [0.3, 0.4) is 0 Å². The van der Waals surface area contributed by atoms with Crippen molar-refractivity contribution >= 4 is 5.65 Å². The summed E-state index contributed by atoms with van der Waals surface area (Å²) in [6.07, 6.45) is 0. The first kappa shape index (κ1) is 19.8. The van der Waals surface area contributed by atoms with E-state index in [9.17, 15) is 0 Å². The van der Waals surface area contributed by atoms with E-state index >= 15 is 0 Å². The molecular weight excluding hydrogens is 398 g/mol. The van der Waals surface area contributed by atoms with E-state index in [0.717, 1.165) is 45.0 Å². The molecule has 2 heterocycles. The van der Waals surface area contributed by atoms with Crippen LogP contribution in [0.1, 0.15) is 5.69 Å². The van der Waals surface area contributed by atoms with Crippen LogP contribution in [0.15, 0.2) is 84.9 Å². The number of nitrogens with zero attached hydrogens (tertiary/aromatic N) is 3. The molecule has 0 bridgehead atoms. The van der Waals surface area contributed by atoms with Gasteiger partial charge in [0.25, 0.3) is 0 Å². The van der Waals surface area contributed by atoms with Gasteiger partial charge in [-0.2, -0.15) is 5.10 Å². The summed E-state index contributed by atoms with van der Waals surface area (Å²) in [6, 6.07) is 28.5. The van der Waals surface area contributed by atoms with Crippen molar-refractivity contribution in [1.29, 1.82) is 0 Å². The molecule has 158 valence electrons. The van der Waals surface area contributed by atoms with E-state index in [1.54, 1.807) is 14.2 Å². The van der Waals surface area contributed by atoms with Crippen molar-refractivity contribution in [3.8, 4) is 45.1 Å². The molecular formula is C27H23N3O2. The molecule has 5 nitrogen and oxygen atoms in total. The molecule has 0 aliphatic carbocycles. The molecule has 0 saturated heterocycles.